The average molecular weight is 422 g/mol. The number of benzene rings is 1. The molecule has 1 aromatic heterocycles. The van der Waals surface area contributed by atoms with E-state index in [2.05, 4.69) is 10.1 Å². The molecule has 2 aromatic rings. The minimum atomic E-state index is -5.59. The summed E-state index contributed by atoms with van der Waals surface area (Å²) < 4.78 is 62.4. The van der Waals surface area contributed by atoms with E-state index < -0.39 is 15.5 Å². The third-order valence-corrected chi connectivity index (χ3v) is 4.64. The molecule has 0 unspecified atom stereocenters. The van der Waals surface area contributed by atoms with Gasteiger partial charge in [0.05, 0.1) is 11.4 Å². The second-order valence-electron chi connectivity index (χ2n) is 5.27. The summed E-state index contributed by atoms with van der Waals surface area (Å²) in [5.74, 6) is 0. The van der Waals surface area contributed by atoms with E-state index in [1.54, 1.807) is 31.5 Å². The molecule has 0 aliphatic heterocycles. The first-order valence-corrected chi connectivity index (χ1v) is 9.47. The second kappa shape index (κ2) is 8.57. The SMILES string of the molecule is CC/C(=N\OCc1cccnc1)c1cc(Cl)ccc1NS(=O)(=O)C(F)(F)F. The zero-order chi connectivity index (χ0) is 20.1. The molecule has 0 saturated carbocycles. The minimum Gasteiger partial charge on any atom is -0.391 e. The van der Waals surface area contributed by atoms with Gasteiger partial charge in [0.15, 0.2) is 0 Å². The third kappa shape index (κ3) is 5.57. The summed E-state index contributed by atoms with van der Waals surface area (Å²) in [6.45, 7) is 1.77. The van der Waals surface area contributed by atoms with Gasteiger partial charge in [0.2, 0.25) is 0 Å². The van der Waals surface area contributed by atoms with Crippen LogP contribution in [0.3, 0.4) is 0 Å². The van der Waals surface area contributed by atoms with Crippen LogP contribution in [-0.4, -0.2) is 24.6 Å². The van der Waals surface area contributed by atoms with Crippen LogP contribution >= 0.6 is 11.6 Å². The van der Waals surface area contributed by atoms with Gasteiger partial charge in [-0.2, -0.15) is 21.6 Å². The number of oxime groups is 1. The number of nitrogens with one attached hydrogen (secondary N) is 1. The molecule has 0 spiro atoms. The molecule has 0 radical (unpaired) electrons. The molecule has 0 amide bonds. The predicted molar refractivity (Wildman–Crippen MR) is 95.9 cm³/mol. The van der Waals surface area contributed by atoms with Gasteiger partial charge >= 0.3 is 15.5 Å². The lowest BCUT2D eigenvalue weighted by atomic mass is 10.1. The van der Waals surface area contributed by atoms with Gasteiger partial charge in [-0.25, -0.2) is 0 Å². The Hall–Kier alpha value is -2.33. The van der Waals surface area contributed by atoms with E-state index >= 15 is 0 Å². The van der Waals surface area contributed by atoms with Crippen LogP contribution in [0.2, 0.25) is 5.02 Å². The first-order chi connectivity index (χ1) is 12.6. The Morgan fingerprint density at radius 2 is 2.07 bits per heavy atom. The number of aromatic nitrogens is 1. The van der Waals surface area contributed by atoms with Crippen molar-refractivity contribution in [3.8, 4) is 0 Å². The largest absolute Gasteiger partial charge is 0.516 e. The van der Waals surface area contributed by atoms with E-state index in [-0.39, 0.29) is 35.0 Å². The van der Waals surface area contributed by atoms with Gasteiger partial charge in [-0.15, -0.1) is 0 Å². The molecule has 0 atom stereocenters. The highest BCUT2D eigenvalue weighted by Crippen LogP contribution is 2.29. The lowest BCUT2D eigenvalue weighted by Gasteiger charge is -2.15. The Morgan fingerprint density at radius 3 is 2.67 bits per heavy atom. The molecule has 6 nitrogen and oxygen atoms in total. The molecule has 0 bridgehead atoms. The quantitative estimate of drug-likeness (QED) is 0.533. The molecule has 0 fully saturated rings. The van der Waals surface area contributed by atoms with Gasteiger partial charge in [0.1, 0.15) is 6.61 Å². The number of hydrogen-bond donors (Lipinski definition) is 1. The molecule has 11 heteroatoms. The highest BCUT2D eigenvalue weighted by molar-refractivity contribution is 7.93. The fourth-order valence-corrected chi connectivity index (χ4v) is 2.77. The lowest BCUT2D eigenvalue weighted by Crippen LogP contribution is -2.30. The smallest absolute Gasteiger partial charge is 0.391 e. The van der Waals surface area contributed by atoms with E-state index in [0.29, 0.717) is 0 Å². The fourth-order valence-electron chi connectivity index (χ4n) is 2.02. The molecule has 0 aliphatic rings. The van der Waals surface area contributed by atoms with E-state index in [1.165, 1.54) is 16.9 Å². The monoisotopic (exact) mass is 421 g/mol. The molecular weight excluding hydrogens is 407 g/mol. The maximum atomic E-state index is 12.7. The standard InChI is InChI=1S/C16H15ClF3N3O3S/c1-2-14(22-26-10-11-4-3-7-21-9-11)13-8-12(17)5-6-15(13)23-27(24,25)16(18,19)20/h3-9,23H,2,10H2,1H3/b22-14+. The Balaban J connectivity index is 2.31. The Bertz CT molecular complexity index is 919. The van der Waals surface area contributed by atoms with Crippen molar-refractivity contribution in [2.45, 2.75) is 25.5 Å². The maximum absolute atomic E-state index is 12.7. The Kier molecular flexibility index (Phi) is 6.66. The van der Waals surface area contributed by atoms with Crippen molar-refractivity contribution in [3.63, 3.8) is 0 Å². The zero-order valence-corrected chi connectivity index (χ0v) is 15.6. The first-order valence-electron chi connectivity index (χ1n) is 7.61. The number of rotatable bonds is 7. The number of halogens is 4. The number of sulfonamides is 1. The van der Waals surface area contributed by atoms with Crippen LogP contribution in [0.4, 0.5) is 18.9 Å². The van der Waals surface area contributed by atoms with Crippen LogP contribution < -0.4 is 4.72 Å². The second-order valence-corrected chi connectivity index (χ2v) is 7.38. The van der Waals surface area contributed by atoms with E-state index in [0.717, 1.165) is 11.6 Å². The first kappa shape index (κ1) is 21.0. The predicted octanol–water partition coefficient (Wildman–Crippen LogP) is 4.33. The van der Waals surface area contributed by atoms with Gasteiger partial charge < -0.3 is 4.84 Å². The number of anilines is 1. The van der Waals surface area contributed by atoms with Crippen molar-refractivity contribution >= 4 is 33.0 Å². The van der Waals surface area contributed by atoms with Crippen molar-refractivity contribution < 1.29 is 26.4 Å². The number of alkyl halides is 3. The van der Waals surface area contributed by atoms with E-state index in [9.17, 15) is 21.6 Å². The summed E-state index contributed by atoms with van der Waals surface area (Å²) in [7, 11) is -5.59. The highest BCUT2D eigenvalue weighted by atomic mass is 35.5. The van der Waals surface area contributed by atoms with E-state index in [1.807, 2.05) is 0 Å². The maximum Gasteiger partial charge on any atom is 0.516 e. The molecule has 1 heterocycles. The average Bonchev–Trinajstić information content (AvgIpc) is 2.60. The van der Waals surface area contributed by atoms with Crippen LogP contribution in [0, 0.1) is 0 Å². The van der Waals surface area contributed by atoms with Crippen molar-refractivity contribution in [2.24, 2.45) is 5.16 Å². The molecule has 146 valence electrons. The van der Waals surface area contributed by atoms with Crippen LogP contribution in [0.25, 0.3) is 0 Å². The van der Waals surface area contributed by atoms with Crippen molar-refractivity contribution in [1.82, 2.24) is 4.98 Å². The number of hydrogen-bond acceptors (Lipinski definition) is 5. The van der Waals surface area contributed by atoms with Crippen molar-refractivity contribution in [2.75, 3.05) is 4.72 Å². The van der Waals surface area contributed by atoms with Crippen molar-refractivity contribution in [3.05, 3.63) is 58.9 Å². The summed E-state index contributed by atoms with van der Waals surface area (Å²) in [5.41, 5.74) is -4.71. The van der Waals surface area contributed by atoms with Gasteiger partial charge in [0, 0.05) is 28.5 Å². The fraction of sp³-hybridized carbons (Fsp3) is 0.250. The summed E-state index contributed by atoms with van der Waals surface area (Å²) in [6.07, 6.45) is 3.42. The molecule has 27 heavy (non-hydrogen) atoms. The highest BCUT2D eigenvalue weighted by Gasteiger charge is 2.46. The Morgan fingerprint density at radius 1 is 1.33 bits per heavy atom. The van der Waals surface area contributed by atoms with Crippen LogP contribution in [0.1, 0.15) is 24.5 Å². The Labute approximate surface area is 159 Å². The molecule has 0 aliphatic carbocycles. The molecular formula is C16H15ClF3N3O3S. The third-order valence-electron chi connectivity index (χ3n) is 3.31. The topological polar surface area (TPSA) is 80.7 Å². The van der Waals surface area contributed by atoms with Crippen LogP contribution in [-0.2, 0) is 21.5 Å². The zero-order valence-electron chi connectivity index (χ0n) is 14.0. The molecule has 0 saturated heterocycles. The molecule has 1 N–H and O–H groups in total. The normalized spacial score (nSPS) is 12.7. The number of nitrogens with zero attached hydrogens (tertiary/aromatic N) is 2. The van der Waals surface area contributed by atoms with Crippen LogP contribution in [0.15, 0.2) is 47.9 Å². The summed E-state index contributed by atoms with van der Waals surface area (Å²) in [5, 5.41) is 4.12. The number of pyridine rings is 1. The van der Waals surface area contributed by atoms with Crippen molar-refractivity contribution in [1.29, 1.82) is 0 Å². The summed E-state index contributed by atoms with van der Waals surface area (Å²) >= 11 is 5.91. The summed E-state index contributed by atoms with van der Waals surface area (Å²) in [6, 6.07) is 7.18. The minimum absolute atomic E-state index is 0.0848. The molecule has 2 rings (SSSR count). The van der Waals surface area contributed by atoms with Gasteiger partial charge in [-0.1, -0.05) is 29.7 Å². The lowest BCUT2D eigenvalue weighted by molar-refractivity contribution is -0.0429. The molecule has 1 aromatic carbocycles. The van der Waals surface area contributed by atoms with Gasteiger partial charge in [0.25, 0.3) is 0 Å². The van der Waals surface area contributed by atoms with E-state index in [4.69, 9.17) is 16.4 Å². The summed E-state index contributed by atoms with van der Waals surface area (Å²) in [4.78, 5) is 9.15. The van der Waals surface area contributed by atoms with Crippen LogP contribution in [0.5, 0.6) is 0 Å². The van der Waals surface area contributed by atoms with Gasteiger partial charge in [-0.3, -0.25) is 9.71 Å². The van der Waals surface area contributed by atoms with Gasteiger partial charge in [-0.05, 0) is 30.7 Å².